The van der Waals surface area contributed by atoms with Crippen LogP contribution in [0.5, 0.6) is 5.75 Å². The van der Waals surface area contributed by atoms with Crippen molar-refractivity contribution in [3.8, 4) is 22.8 Å². The van der Waals surface area contributed by atoms with Gasteiger partial charge in [-0.15, -0.1) is 5.10 Å². The van der Waals surface area contributed by atoms with E-state index in [9.17, 15) is 13.6 Å². The molecule has 34 heavy (non-hydrogen) atoms. The number of nitrogens with zero attached hydrogens (tertiary/aromatic N) is 5. The van der Waals surface area contributed by atoms with Gasteiger partial charge in [0.15, 0.2) is 5.82 Å². The highest BCUT2D eigenvalue weighted by atomic mass is 19.1. The number of amides is 1. The molecule has 0 aliphatic rings. The number of aromatic nitrogens is 5. The van der Waals surface area contributed by atoms with Crippen molar-refractivity contribution in [2.24, 2.45) is 0 Å². The van der Waals surface area contributed by atoms with E-state index in [1.165, 1.54) is 53.6 Å². The first kappa shape index (κ1) is 21.3. The Balaban J connectivity index is 1.45. The van der Waals surface area contributed by atoms with Gasteiger partial charge in [-0.2, -0.15) is 5.10 Å². The number of nitrogens with one attached hydrogen (secondary N) is 1. The van der Waals surface area contributed by atoms with E-state index in [0.29, 0.717) is 33.8 Å². The average molecular weight is 460 g/mol. The molecule has 0 atom stereocenters. The molecule has 0 aliphatic carbocycles. The molecule has 8 nitrogen and oxygen atoms in total. The smallest absolute Gasteiger partial charge is 0.259 e. The van der Waals surface area contributed by atoms with Gasteiger partial charge >= 0.3 is 0 Å². The number of benzene rings is 2. The van der Waals surface area contributed by atoms with Crippen LogP contribution in [0.25, 0.3) is 22.6 Å². The molecule has 3 heterocycles. The number of carbonyl (C=O) groups is 1. The molecule has 0 saturated heterocycles. The molecule has 3 aromatic heterocycles. The third kappa shape index (κ3) is 3.85. The molecule has 5 rings (SSSR count). The Morgan fingerprint density at radius 2 is 1.88 bits per heavy atom. The molecule has 0 radical (unpaired) electrons. The number of ether oxygens (including phenoxy) is 1. The summed E-state index contributed by atoms with van der Waals surface area (Å²) in [5, 5.41) is 11.3. The molecule has 0 unspecified atom stereocenters. The number of halogens is 2. The molecule has 1 N–H and O–H groups in total. The first-order valence-corrected chi connectivity index (χ1v) is 10.2. The van der Waals surface area contributed by atoms with Gasteiger partial charge in [-0.3, -0.25) is 4.79 Å². The van der Waals surface area contributed by atoms with Gasteiger partial charge in [0.2, 0.25) is 0 Å². The summed E-state index contributed by atoms with van der Waals surface area (Å²) >= 11 is 0. The molecular formula is C24H18F2N6O2. The van der Waals surface area contributed by atoms with Crippen LogP contribution in [0.2, 0.25) is 0 Å². The van der Waals surface area contributed by atoms with Crippen LogP contribution in [0.1, 0.15) is 15.9 Å². The topological polar surface area (TPSA) is 86.3 Å². The lowest BCUT2D eigenvalue weighted by atomic mass is 10.1. The lowest BCUT2D eigenvalue weighted by molar-refractivity contribution is 0.102. The Morgan fingerprint density at radius 3 is 2.65 bits per heavy atom. The zero-order valence-corrected chi connectivity index (χ0v) is 18.2. The molecule has 0 spiro atoms. The lowest BCUT2D eigenvalue weighted by Gasteiger charge is -2.10. The summed E-state index contributed by atoms with van der Waals surface area (Å²) < 4.78 is 36.1. The van der Waals surface area contributed by atoms with Gasteiger partial charge in [-0.1, -0.05) is 0 Å². The molecule has 1 amide bonds. The van der Waals surface area contributed by atoms with Crippen molar-refractivity contribution >= 4 is 17.1 Å². The van der Waals surface area contributed by atoms with Gasteiger partial charge < -0.3 is 10.1 Å². The molecule has 0 saturated carbocycles. The van der Waals surface area contributed by atoms with Crippen LogP contribution >= 0.6 is 0 Å². The fourth-order valence-electron chi connectivity index (χ4n) is 3.53. The van der Waals surface area contributed by atoms with E-state index < -0.39 is 11.7 Å². The first-order chi connectivity index (χ1) is 16.4. The number of methoxy groups -OCH3 is 1. The molecule has 5 aromatic rings. The number of aryl methyl sites for hydroxylation is 1. The van der Waals surface area contributed by atoms with Crippen LogP contribution < -0.4 is 10.1 Å². The van der Waals surface area contributed by atoms with Crippen molar-refractivity contribution in [1.82, 2.24) is 24.4 Å². The van der Waals surface area contributed by atoms with E-state index in [4.69, 9.17) is 4.74 Å². The summed E-state index contributed by atoms with van der Waals surface area (Å²) in [7, 11) is 1.55. The van der Waals surface area contributed by atoms with Crippen LogP contribution in [0.4, 0.5) is 14.5 Å². The van der Waals surface area contributed by atoms with Gasteiger partial charge in [0.05, 0.1) is 41.8 Å². The first-order valence-electron chi connectivity index (χ1n) is 10.2. The monoisotopic (exact) mass is 460 g/mol. The van der Waals surface area contributed by atoms with Gasteiger partial charge in [0.25, 0.3) is 5.91 Å². The lowest BCUT2D eigenvalue weighted by Crippen LogP contribution is -2.13. The highest BCUT2D eigenvalue weighted by molar-refractivity contribution is 6.09. The number of fused-ring (bicyclic) bond motifs is 1. The van der Waals surface area contributed by atoms with Crippen molar-refractivity contribution in [1.29, 1.82) is 0 Å². The maximum atomic E-state index is 14.8. The number of anilines is 1. The Labute approximate surface area is 192 Å². The second kappa shape index (κ2) is 8.39. The summed E-state index contributed by atoms with van der Waals surface area (Å²) in [6, 6.07) is 11.9. The molecule has 10 heteroatoms. The summed E-state index contributed by atoms with van der Waals surface area (Å²) in [6.45, 7) is 1.69. The minimum atomic E-state index is -0.532. The van der Waals surface area contributed by atoms with Crippen LogP contribution in [-0.4, -0.2) is 37.4 Å². The molecule has 0 fully saturated rings. The van der Waals surface area contributed by atoms with Crippen molar-refractivity contribution in [2.75, 3.05) is 12.4 Å². The van der Waals surface area contributed by atoms with Crippen LogP contribution in [0.15, 0.2) is 67.3 Å². The second-order valence-corrected chi connectivity index (χ2v) is 7.55. The minimum Gasteiger partial charge on any atom is -0.495 e. The number of rotatable bonds is 5. The summed E-state index contributed by atoms with van der Waals surface area (Å²) in [5.41, 5.74) is 2.58. The van der Waals surface area contributed by atoms with E-state index >= 15 is 0 Å². The molecule has 0 bridgehead atoms. The molecule has 2 aromatic carbocycles. The molecule has 170 valence electrons. The predicted octanol–water partition coefficient (Wildman–Crippen LogP) is 4.43. The van der Waals surface area contributed by atoms with Crippen molar-refractivity contribution in [2.45, 2.75) is 6.92 Å². The molecular weight excluding hydrogens is 442 g/mol. The third-order valence-corrected chi connectivity index (χ3v) is 5.36. The highest BCUT2D eigenvalue weighted by Gasteiger charge is 2.18. The quantitative estimate of drug-likeness (QED) is 0.419. The maximum Gasteiger partial charge on any atom is 0.259 e. The number of pyridine rings is 1. The Hall–Kier alpha value is -4.60. The van der Waals surface area contributed by atoms with Crippen molar-refractivity contribution in [3.05, 3.63) is 90.0 Å². The number of hydrogen-bond donors (Lipinski definition) is 1. The summed E-state index contributed by atoms with van der Waals surface area (Å²) in [4.78, 5) is 17.2. The average Bonchev–Trinajstić information content (AvgIpc) is 3.48. The largest absolute Gasteiger partial charge is 0.495 e. The minimum absolute atomic E-state index is 0.117. The van der Waals surface area contributed by atoms with Gasteiger partial charge in [-0.05, 0) is 61.0 Å². The van der Waals surface area contributed by atoms with Crippen LogP contribution in [0.3, 0.4) is 0 Å². The van der Waals surface area contributed by atoms with Gasteiger partial charge in [0.1, 0.15) is 23.7 Å². The Bertz CT molecular complexity index is 1520. The van der Waals surface area contributed by atoms with E-state index in [1.807, 2.05) is 0 Å². The second-order valence-electron chi connectivity index (χ2n) is 7.55. The number of hydrogen-bond acceptors (Lipinski definition) is 5. The summed E-state index contributed by atoms with van der Waals surface area (Å²) in [5.74, 6) is -0.574. The fourth-order valence-corrected chi connectivity index (χ4v) is 3.53. The number of carbonyl (C=O) groups excluding carboxylic acids is 1. The SMILES string of the molecule is COc1ccc2c(C(=O)Nc3cc(-c4ncn(-c5ccc(F)cc5)n4)c(F)cc3C)cnn2c1. The van der Waals surface area contributed by atoms with E-state index in [0.717, 1.165) is 0 Å². The standard InChI is InChI=1S/C24H18F2N6O2/c1-14-9-20(26)18(23-27-13-32(30-23)16-5-3-15(25)4-6-16)10-21(14)29-24(33)19-11-28-31-12-17(34-2)7-8-22(19)31/h3-13H,1-2H3,(H,29,33). The Kier molecular flexibility index (Phi) is 5.25. The van der Waals surface area contributed by atoms with Gasteiger partial charge in [0, 0.05) is 5.69 Å². The molecule has 0 aliphatic heterocycles. The van der Waals surface area contributed by atoms with Crippen molar-refractivity contribution < 1.29 is 18.3 Å². The van der Waals surface area contributed by atoms with E-state index in [-0.39, 0.29) is 17.2 Å². The predicted molar refractivity (Wildman–Crippen MR) is 121 cm³/mol. The van der Waals surface area contributed by atoms with Crippen LogP contribution in [-0.2, 0) is 0 Å². The van der Waals surface area contributed by atoms with Gasteiger partial charge in [-0.25, -0.2) is 23.0 Å². The van der Waals surface area contributed by atoms with Crippen molar-refractivity contribution in [3.63, 3.8) is 0 Å². The maximum absolute atomic E-state index is 14.8. The zero-order chi connectivity index (χ0) is 23.8. The Morgan fingerprint density at radius 1 is 1.09 bits per heavy atom. The van der Waals surface area contributed by atoms with Crippen LogP contribution in [0, 0.1) is 18.6 Å². The van der Waals surface area contributed by atoms with E-state index in [2.05, 4.69) is 20.5 Å². The highest BCUT2D eigenvalue weighted by Crippen LogP contribution is 2.28. The normalized spacial score (nSPS) is 11.1. The zero-order valence-electron chi connectivity index (χ0n) is 18.2. The summed E-state index contributed by atoms with van der Waals surface area (Å²) in [6.07, 6.45) is 4.53. The van der Waals surface area contributed by atoms with E-state index in [1.54, 1.807) is 36.9 Å². The fraction of sp³-hybridized carbons (Fsp3) is 0.0833. The third-order valence-electron chi connectivity index (χ3n) is 5.36.